The minimum Gasteiger partial charge on any atom is -0.351 e. The highest BCUT2D eigenvalue weighted by Crippen LogP contribution is 2.29. The fraction of sp³-hybridized carbons (Fsp3) is 0.167. The van der Waals surface area contributed by atoms with Crippen LogP contribution in [0.3, 0.4) is 0 Å². The van der Waals surface area contributed by atoms with Crippen molar-refractivity contribution in [2.45, 2.75) is 24.0 Å². The van der Waals surface area contributed by atoms with Gasteiger partial charge >= 0.3 is 0 Å². The smallest absolute Gasteiger partial charge is 0.244 e. The molecule has 0 saturated heterocycles. The zero-order chi connectivity index (χ0) is 21.6. The van der Waals surface area contributed by atoms with E-state index in [1.165, 1.54) is 12.3 Å². The second-order valence-electron chi connectivity index (χ2n) is 7.06. The van der Waals surface area contributed by atoms with E-state index in [0.717, 1.165) is 16.7 Å². The van der Waals surface area contributed by atoms with E-state index < -0.39 is 15.1 Å². The maximum Gasteiger partial charge on any atom is 0.244 e. The minimum absolute atomic E-state index is 0.0566. The lowest BCUT2D eigenvalue weighted by molar-refractivity contribution is -0.116. The van der Waals surface area contributed by atoms with Gasteiger partial charge in [-0.2, -0.15) is 0 Å². The quantitative estimate of drug-likeness (QED) is 0.585. The lowest BCUT2D eigenvalue weighted by Crippen LogP contribution is -2.31. The van der Waals surface area contributed by atoms with Crippen LogP contribution in [0.15, 0.2) is 84.0 Å². The second kappa shape index (κ2) is 9.50. The van der Waals surface area contributed by atoms with Crippen molar-refractivity contribution in [3.8, 4) is 0 Å². The van der Waals surface area contributed by atoms with Gasteiger partial charge < -0.3 is 5.32 Å². The van der Waals surface area contributed by atoms with Gasteiger partial charge in [-0.3, -0.25) is 9.78 Å². The Hall–Kier alpha value is -3.25. The van der Waals surface area contributed by atoms with Crippen LogP contribution in [0, 0.1) is 13.8 Å². The van der Waals surface area contributed by atoms with E-state index in [-0.39, 0.29) is 17.3 Å². The van der Waals surface area contributed by atoms with Crippen molar-refractivity contribution in [3.05, 3.63) is 101 Å². The highest BCUT2D eigenvalue weighted by molar-refractivity contribution is 7.91. The molecular formula is C24H24N2O3S. The number of rotatable bonds is 7. The lowest BCUT2D eigenvalue weighted by Gasteiger charge is -2.19. The monoisotopic (exact) mass is 420 g/mol. The fourth-order valence-electron chi connectivity index (χ4n) is 3.02. The van der Waals surface area contributed by atoms with E-state index in [2.05, 4.69) is 10.3 Å². The van der Waals surface area contributed by atoms with Crippen LogP contribution >= 0.6 is 0 Å². The summed E-state index contributed by atoms with van der Waals surface area (Å²) in [6.07, 6.45) is 6.20. The van der Waals surface area contributed by atoms with Gasteiger partial charge in [-0.05, 0) is 60.4 Å². The number of carbonyl (C=O) groups is 1. The van der Waals surface area contributed by atoms with Gasteiger partial charge in [-0.15, -0.1) is 0 Å². The molecule has 1 amide bonds. The van der Waals surface area contributed by atoms with Gasteiger partial charge in [0.15, 0.2) is 9.84 Å². The van der Waals surface area contributed by atoms with Crippen molar-refractivity contribution in [2.75, 3.05) is 6.54 Å². The topological polar surface area (TPSA) is 76.1 Å². The predicted molar refractivity (Wildman–Crippen MR) is 119 cm³/mol. The summed E-state index contributed by atoms with van der Waals surface area (Å²) in [7, 11) is -3.73. The van der Waals surface area contributed by atoms with Crippen LogP contribution < -0.4 is 5.32 Å². The molecule has 1 N–H and O–H groups in total. The third kappa shape index (κ3) is 5.21. The number of amides is 1. The summed E-state index contributed by atoms with van der Waals surface area (Å²) < 4.78 is 26.8. The molecule has 30 heavy (non-hydrogen) atoms. The Morgan fingerprint density at radius 3 is 2.47 bits per heavy atom. The Balaban J connectivity index is 1.84. The van der Waals surface area contributed by atoms with E-state index >= 15 is 0 Å². The molecule has 154 valence electrons. The number of carbonyl (C=O) groups excluding carboxylic acids is 1. The van der Waals surface area contributed by atoms with Crippen molar-refractivity contribution in [3.63, 3.8) is 0 Å². The summed E-state index contributed by atoms with van der Waals surface area (Å²) in [4.78, 5) is 16.6. The van der Waals surface area contributed by atoms with Crippen LogP contribution in [-0.2, 0) is 14.6 Å². The number of nitrogens with zero attached hydrogens (tertiary/aromatic N) is 1. The maximum absolute atomic E-state index is 13.4. The van der Waals surface area contributed by atoms with Crippen LogP contribution in [0.4, 0.5) is 0 Å². The molecule has 0 radical (unpaired) electrons. The summed E-state index contributed by atoms with van der Waals surface area (Å²) in [5.74, 6) is -0.358. The van der Waals surface area contributed by atoms with E-state index in [0.29, 0.717) is 5.56 Å². The number of benzene rings is 2. The molecule has 0 aliphatic rings. The van der Waals surface area contributed by atoms with Crippen LogP contribution in [0.5, 0.6) is 0 Å². The van der Waals surface area contributed by atoms with Gasteiger partial charge in [0.05, 0.1) is 4.90 Å². The van der Waals surface area contributed by atoms with E-state index in [1.54, 1.807) is 42.6 Å². The van der Waals surface area contributed by atoms with Gasteiger partial charge in [0, 0.05) is 25.0 Å². The molecule has 0 fully saturated rings. The van der Waals surface area contributed by atoms with Gasteiger partial charge in [0.2, 0.25) is 5.91 Å². The molecule has 2 aromatic carbocycles. The zero-order valence-electron chi connectivity index (χ0n) is 16.9. The third-order valence-electron chi connectivity index (χ3n) is 4.93. The molecule has 0 spiro atoms. The summed E-state index contributed by atoms with van der Waals surface area (Å²) in [6.45, 7) is 3.76. The molecule has 1 heterocycles. The van der Waals surface area contributed by atoms with Gasteiger partial charge in [-0.25, -0.2) is 8.42 Å². The number of aryl methyl sites for hydroxylation is 2. The molecule has 1 atom stereocenters. The SMILES string of the molecule is Cc1ccc(S(=O)(=O)[C@H](CNC(=O)/C=C/c2ccccc2)c2cccnc2)cc1C. The highest BCUT2D eigenvalue weighted by atomic mass is 32.2. The summed E-state index contributed by atoms with van der Waals surface area (Å²) in [5, 5.41) is 1.78. The molecule has 0 bridgehead atoms. The van der Waals surface area contributed by atoms with E-state index in [1.807, 2.05) is 44.2 Å². The Bertz CT molecular complexity index is 1140. The molecule has 3 rings (SSSR count). The first-order chi connectivity index (χ1) is 14.4. The Kier molecular flexibility index (Phi) is 6.79. The molecule has 1 aromatic heterocycles. The number of pyridine rings is 1. The molecule has 3 aromatic rings. The van der Waals surface area contributed by atoms with Crippen molar-refractivity contribution < 1.29 is 13.2 Å². The third-order valence-corrected chi connectivity index (χ3v) is 7.03. The molecule has 0 saturated carbocycles. The highest BCUT2D eigenvalue weighted by Gasteiger charge is 2.30. The second-order valence-corrected chi connectivity index (χ2v) is 9.19. The first-order valence-corrected chi connectivity index (χ1v) is 11.1. The number of aromatic nitrogens is 1. The number of sulfone groups is 1. The normalized spacial score (nSPS) is 12.6. The van der Waals surface area contributed by atoms with E-state index in [4.69, 9.17) is 0 Å². The standard InChI is InChI=1S/C24H24N2O3S/c1-18-10-12-22(15-19(18)2)30(28,29)23(21-9-6-14-25-16-21)17-26-24(27)13-11-20-7-4-3-5-8-20/h3-16,23H,17H2,1-2H3,(H,26,27)/b13-11+/t23-/m1/s1. The molecule has 0 unspecified atom stereocenters. The Morgan fingerprint density at radius 2 is 1.80 bits per heavy atom. The molecule has 0 aliphatic heterocycles. The van der Waals surface area contributed by atoms with E-state index in [9.17, 15) is 13.2 Å². The predicted octanol–water partition coefficient (Wildman–Crippen LogP) is 4.04. The Morgan fingerprint density at radius 1 is 1.03 bits per heavy atom. The van der Waals surface area contributed by atoms with Crippen molar-refractivity contribution in [2.24, 2.45) is 0 Å². The van der Waals surface area contributed by atoms with Gasteiger partial charge in [0.1, 0.15) is 5.25 Å². The minimum atomic E-state index is -3.73. The fourth-order valence-corrected chi connectivity index (χ4v) is 4.74. The number of nitrogens with one attached hydrogen (secondary N) is 1. The number of hydrogen-bond acceptors (Lipinski definition) is 4. The first-order valence-electron chi connectivity index (χ1n) is 9.60. The van der Waals surface area contributed by atoms with Crippen LogP contribution in [0.1, 0.15) is 27.5 Å². The summed E-state index contributed by atoms with van der Waals surface area (Å²) in [5.41, 5.74) is 3.34. The van der Waals surface area contributed by atoms with Crippen LogP contribution in [0.2, 0.25) is 0 Å². The van der Waals surface area contributed by atoms with Crippen molar-refractivity contribution >= 4 is 21.8 Å². The first kappa shape index (κ1) is 21.5. The summed E-state index contributed by atoms with van der Waals surface area (Å²) >= 11 is 0. The molecule has 5 nitrogen and oxygen atoms in total. The lowest BCUT2D eigenvalue weighted by atomic mass is 10.1. The molecule has 6 heteroatoms. The van der Waals surface area contributed by atoms with Gasteiger partial charge in [0.25, 0.3) is 0 Å². The van der Waals surface area contributed by atoms with Gasteiger partial charge in [-0.1, -0.05) is 42.5 Å². The van der Waals surface area contributed by atoms with Crippen LogP contribution in [0.25, 0.3) is 6.08 Å². The average Bonchev–Trinajstić information content (AvgIpc) is 2.75. The summed E-state index contributed by atoms with van der Waals surface area (Å²) in [6, 6.07) is 17.9. The largest absolute Gasteiger partial charge is 0.351 e. The van der Waals surface area contributed by atoms with Crippen molar-refractivity contribution in [1.82, 2.24) is 10.3 Å². The average molecular weight is 421 g/mol. The zero-order valence-corrected chi connectivity index (χ0v) is 17.8. The number of hydrogen-bond donors (Lipinski definition) is 1. The van der Waals surface area contributed by atoms with Crippen molar-refractivity contribution in [1.29, 1.82) is 0 Å². The maximum atomic E-state index is 13.4. The van der Waals surface area contributed by atoms with Crippen LogP contribution in [-0.4, -0.2) is 25.9 Å². The molecule has 0 aliphatic carbocycles. The molecular weight excluding hydrogens is 396 g/mol. The Labute approximate surface area is 177 Å².